The Hall–Kier alpha value is -1.89. The number of rotatable bonds is 7. The van der Waals surface area contributed by atoms with E-state index < -0.39 is 5.91 Å². The summed E-state index contributed by atoms with van der Waals surface area (Å²) in [5.74, 6) is -0.889. The van der Waals surface area contributed by atoms with Gasteiger partial charge in [-0.3, -0.25) is 14.4 Å². The van der Waals surface area contributed by atoms with Gasteiger partial charge >= 0.3 is 0 Å². The number of Topliss-reactive ketones (excluding diaryl/α,β-unsaturated/α-hetero) is 1. The second-order valence-electron chi connectivity index (χ2n) is 4.85. The molecule has 0 fully saturated rings. The van der Waals surface area contributed by atoms with Crippen LogP contribution in [0.3, 0.4) is 0 Å². The van der Waals surface area contributed by atoms with Gasteiger partial charge in [0, 0.05) is 17.9 Å². The van der Waals surface area contributed by atoms with Crippen LogP contribution in [0.5, 0.6) is 0 Å². The Labute approximate surface area is 153 Å². The Kier molecular flexibility index (Phi) is 6.78. The second-order valence-corrected chi connectivity index (χ2v) is 6.64. The fraction of sp³-hybridized carbons (Fsp3) is 0.188. The summed E-state index contributed by atoms with van der Waals surface area (Å²) < 4.78 is 0. The summed E-state index contributed by atoms with van der Waals surface area (Å²) in [7, 11) is 0. The van der Waals surface area contributed by atoms with Gasteiger partial charge in [0.15, 0.2) is 5.78 Å². The third-order valence-electron chi connectivity index (χ3n) is 3.02. The van der Waals surface area contributed by atoms with Crippen molar-refractivity contribution in [2.24, 2.45) is 0 Å². The molecule has 0 saturated carbocycles. The van der Waals surface area contributed by atoms with Gasteiger partial charge in [-0.1, -0.05) is 29.3 Å². The average Bonchev–Trinajstić information content (AvgIpc) is 3.08. The van der Waals surface area contributed by atoms with E-state index >= 15 is 0 Å². The average molecular weight is 385 g/mol. The highest BCUT2D eigenvalue weighted by Gasteiger charge is 2.12. The number of benzene rings is 1. The maximum absolute atomic E-state index is 11.8. The first-order valence-electron chi connectivity index (χ1n) is 7.04. The zero-order valence-corrected chi connectivity index (χ0v) is 14.8. The van der Waals surface area contributed by atoms with E-state index in [1.807, 2.05) is 0 Å². The molecule has 8 heteroatoms. The van der Waals surface area contributed by atoms with Crippen LogP contribution in [0.4, 0.5) is 5.69 Å². The monoisotopic (exact) mass is 384 g/mol. The highest BCUT2D eigenvalue weighted by Crippen LogP contribution is 2.25. The Morgan fingerprint density at radius 2 is 1.83 bits per heavy atom. The molecule has 0 aliphatic heterocycles. The minimum atomic E-state index is -0.433. The highest BCUT2D eigenvalue weighted by molar-refractivity contribution is 7.12. The first-order valence-corrected chi connectivity index (χ1v) is 8.67. The van der Waals surface area contributed by atoms with E-state index in [1.54, 1.807) is 29.6 Å². The van der Waals surface area contributed by atoms with Gasteiger partial charge in [-0.15, -0.1) is 11.3 Å². The van der Waals surface area contributed by atoms with Crippen molar-refractivity contribution in [1.82, 2.24) is 5.32 Å². The number of carbonyl (C=O) groups is 3. The van der Waals surface area contributed by atoms with E-state index in [0.29, 0.717) is 20.6 Å². The van der Waals surface area contributed by atoms with Crippen LogP contribution in [0.25, 0.3) is 0 Å². The summed E-state index contributed by atoms with van der Waals surface area (Å²) in [6, 6.07) is 8.18. The number of halogens is 2. The number of nitrogens with one attached hydrogen (secondary N) is 2. The number of thiophene rings is 1. The fourth-order valence-corrected chi connectivity index (χ4v) is 2.87. The van der Waals surface area contributed by atoms with Crippen LogP contribution in [0.2, 0.25) is 10.0 Å². The molecule has 126 valence electrons. The fourth-order valence-electron chi connectivity index (χ4n) is 1.84. The first kappa shape index (κ1) is 18.4. The molecule has 0 aliphatic carbocycles. The van der Waals surface area contributed by atoms with Gasteiger partial charge < -0.3 is 10.6 Å². The molecule has 0 bridgehead atoms. The van der Waals surface area contributed by atoms with Crippen LogP contribution in [-0.2, 0) is 9.59 Å². The lowest BCUT2D eigenvalue weighted by atomic mass is 10.2. The van der Waals surface area contributed by atoms with Crippen LogP contribution >= 0.6 is 34.5 Å². The van der Waals surface area contributed by atoms with Crippen LogP contribution in [0.1, 0.15) is 22.5 Å². The van der Waals surface area contributed by atoms with Crippen molar-refractivity contribution in [3.8, 4) is 0 Å². The summed E-state index contributed by atoms with van der Waals surface area (Å²) >= 11 is 13.1. The SMILES string of the molecule is O=C(CCC(=O)c1cccs1)NCC(=O)Nc1cc(Cl)ccc1Cl. The van der Waals surface area contributed by atoms with Gasteiger partial charge in [0.2, 0.25) is 11.8 Å². The summed E-state index contributed by atoms with van der Waals surface area (Å²) in [5.41, 5.74) is 0.372. The second kappa shape index (κ2) is 8.82. The highest BCUT2D eigenvalue weighted by atomic mass is 35.5. The van der Waals surface area contributed by atoms with Crippen molar-refractivity contribution in [1.29, 1.82) is 0 Å². The van der Waals surface area contributed by atoms with Gasteiger partial charge in [-0.05, 0) is 29.6 Å². The molecule has 1 aromatic carbocycles. The molecular formula is C16H14Cl2N2O3S. The molecule has 1 aromatic heterocycles. The van der Waals surface area contributed by atoms with Crippen LogP contribution in [-0.4, -0.2) is 24.1 Å². The van der Waals surface area contributed by atoms with Gasteiger partial charge in [0.1, 0.15) is 0 Å². The number of hydrogen-bond acceptors (Lipinski definition) is 4. The lowest BCUT2D eigenvalue weighted by molar-refractivity contribution is -0.124. The van der Waals surface area contributed by atoms with Crippen molar-refractivity contribution in [3.05, 3.63) is 50.6 Å². The smallest absolute Gasteiger partial charge is 0.243 e. The predicted octanol–water partition coefficient (Wildman–Crippen LogP) is 3.77. The molecule has 2 rings (SSSR count). The number of hydrogen-bond donors (Lipinski definition) is 2. The molecule has 5 nitrogen and oxygen atoms in total. The predicted molar refractivity (Wildman–Crippen MR) is 96.0 cm³/mol. The Balaban J connectivity index is 1.74. The lowest BCUT2D eigenvalue weighted by Crippen LogP contribution is -2.33. The number of ketones is 1. The molecule has 0 unspecified atom stereocenters. The molecule has 0 radical (unpaired) electrons. The van der Waals surface area contributed by atoms with Gasteiger partial charge in [0.25, 0.3) is 0 Å². The van der Waals surface area contributed by atoms with Crippen LogP contribution in [0.15, 0.2) is 35.7 Å². The Morgan fingerprint density at radius 3 is 2.54 bits per heavy atom. The zero-order chi connectivity index (χ0) is 17.5. The molecule has 0 spiro atoms. The largest absolute Gasteiger partial charge is 0.347 e. The molecule has 0 atom stereocenters. The molecule has 2 amide bonds. The molecule has 2 aromatic rings. The van der Waals surface area contributed by atoms with Gasteiger partial charge in [-0.25, -0.2) is 0 Å². The maximum Gasteiger partial charge on any atom is 0.243 e. The first-order chi connectivity index (χ1) is 11.5. The van der Waals surface area contributed by atoms with E-state index in [9.17, 15) is 14.4 Å². The van der Waals surface area contributed by atoms with Crippen molar-refractivity contribution in [3.63, 3.8) is 0 Å². The topological polar surface area (TPSA) is 75.3 Å². The summed E-state index contributed by atoms with van der Waals surface area (Å²) in [5, 5.41) is 7.61. The Morgan fingerprint density at radius 1 is 1.04 bits per heavy atom. The third-order valence-corrected chi connectivity index (χ3v) is 4.50. The number of carbonyl (C=O) groups excluding carboxylic acids is 3. The Bertz CT molecular complexity index is 748. The van der Waals surface area contributed by atoms with Crippen molar-refractivity contribution < 1.29 is 14.4 Å². The van der Waals surface area contributed by atoms with Gasteiger partial charge in [0.05, 0.1) is 22.1 Å². The minimum absolute atomic E-state index is 0.0297. The van der Waals surface area contributed by atoms with E-state index in [-0.39, 0.29) is 31.1 Å². The maximum atomic E-state index is 11.8. The standard InChI is InChI=1S/C16H14Cl2N2O3S/c17-10-3-4-11(18)12(8-10)20-16(23)9-19-15(22)6-5-13(21)14-2-1-7-24-14/h1-4,7-8H,5-6,9H2,(H,19,22)(H,20,23). The summed E-state index contributed by atoms with van der Waals surface area (Å²) in [6.45, 7) is -0.213. The van der Waals surface area contributed by atoms with Crippen LogP contribution in [0, 0.1) is 0 Å². The number of anilines is 1. The molecule has 0 aliphatic rings. The summed E-state index contributed by atoms with van der Waals surface area (Å²) in [4.78, 5) is 35.9. The molecule has 1 heterocycles. The quantitative estimate of drug-likeness (QED) is 0.713. The molecule has 0 saturated heterocycles. The molecule has 24 heavy (non-hydrogen) atoms. The van der Waals surface area contributed by atoms with E-state index in [0.717, 1.165) is 0 Å². The van der Waals surface area contributed by atoms with E-state index in [4.69, 9.17) is 23.2 Å². The summed E-state index contributed by atoms with van der Waals surface area (Å²) in [6.07, 6.45) is 0.135. The van der Waals surface area contributed by atoms with Crippen molar-refractivity contribution in [2.45, 2.75) is 12.8 Å². The van der Waals surface area contributed by atoms with Gasteiger partial charge in [-0.2, -0.15) is 0 Å². The van der Waals surface area contributed by atoms with Crippen LogP contribution < -0.4 is 10.6 Å². The van der Waals surface area contributed by atoms with Crippen molar-refractivity contribution in [2.75, 3.05) is 11.9 Å². The van der Waals surface area contributed by atoms with E-state index in [2.05, 4.69) is 10.6 Å². The normalized spacial score (nSPS) is 10.2. The van der Waals surface area contributed by atoms with Crippen molar-refractivity contribution >= 4 is 57.8 Å². The molecule has 2 N–H and O–H groups in total. The third kappa shape index (κ3) is 5.63. The van der Waals surface area contributed by atoms with E-state index in [1.165, 1.54) is 17.4 Å². The number of amides is 2. The zero-order valence-electron chi connectivity index (χ0n) is 12.5. The molecular weight excluding hydrogens is 371 g/mol. The minimum Gasteiger partial charge on any atom is -0.347 e. The lowest BCUT2D eigenvalue weighted by Gasteiger charge is -2.08.